The van der Waals surface area contributed by atoms with Gasteiger partial charge >= 0.3 is 0 Å². The largest absolute Gasteiger partial charge is 0.354 e. The molecule has 1 aromatic carbocycles. The van der Waals surface area contributed by atoms with Crippen LogP contribution in [0.1, 0.15) is 54.2 Å². The van der Waals surface area contributed by atoms with E-state index in [1.165, 1.54) is 5.56 Å². The standard InChI is InChI=1S/C23H26N4O.ClH/c1-15(2)17-8-4-5-9-20(17)26-21-18-11-10-16(3)25-22(18)24-14-19(21)23(28)27-12-6-7-13-27;/h4-5,8-11,14-15H,6-7,12-13H2,1-3H3,(H,24,25,26);1H. The summed E-state index contributed by atoms with van der Waals surface area (Å²) in [4.78, 5) is 24.2. The summed E-state index contributed by atoms with van der Waals surface area (Å²) in [6.45, 7) is 7.92. The first kappa shape index (κ1) is 21.1. The predicted octanol–water partition coefficient (Wildman–Crippen LogP) is 5.46. The van der Waals surface area contributed by atoms with E-state index in [9.17, 15) is 4.79 Å². The van der Waals surface area contributed by atoms with Crippen molar-refractivity contribution in [3.05, 3.63) is 59.4 Å². The van der Waals surface area contributed by atoms with Gasteiger partial charge in [-0.05, 0) is 49.4 Å². The number of carbonyl (C=O) groups is 1. The van der Waals surface area contributed by atoms with Crippen molar-refractivity contribution >= 4 is 40.7 Å². The van der Waals surface area contributed by atoms with E-state index in [-0.39, 0.29) is 18.3 Å². The van der Waals surface area contributed by atoms with Gasteiger partial charge in [-0.1, -0.05) is 32.0 Å². The predicted molar refractivity (Wildman–Crippen MR) is 120 cm³/mol. The van der Waals surface area contributed by atoms with Crippen LogP contribution in [0.25, 0.3) is 11.0 Å². The molecule has 1 N–H and O–H groups in total. The van der Waals surface area contributed by atoms with Gasteiger partial charge in [-0.25, -0.2) is 9.97 Å². The van der Waals surface area contributed by atoms with Crippen molar-refractivity contribution in [3.8, 4) is 0 Å². The van der Waals surface area contributed by atoms with Crippen LogP contribution in [0.4, 0.5) is 11.4 Å². The molecule has 2 aromatic heterocycles. The van der Waals surface area contributed by atoms with Crippen LogP contribution in [-0.4, -0.2) is 33.9 Å². The molecule has 152 valence electrons. The maximum absolute atomic E-state index is 13.2. The van der Waals surface area contributed by atoms with E-state index in [0.29, 0.717) is 17.1 Å². The summed E-state index contributed by atoms with van der Waals surface area (Å²) < 4.78 is 0. The highest BCUT2D eigenvalue weighted by Gasteiger charge is 2.24. The Kier molecular flexibility index (Phi) is 6.38. The molecule has 0 spiro atoms. The Hall–Kier alpha value is -2.66. The molecule has 3 aromatic rings. The van der Waals surface area contributed by atoms with Gasteiger partial charge in [0.2, 0.25) is 0 Å². The van der Waals surface area contributed by atoms with E-state index in [1.54, 1.807) is 6.20 Å². The number of carbonyl (C=O) groups excluding carboxylic acids is 1. The normalized spacial score (nSPS) is 13.6. The zero-order valence-electron chi connectivity index (χ0n) is 17.1. The number of aromatic nitrogens is 2. The summed E-state index contributed by atoms with van der Waals surface area (Å²) in [7, 11) is 0. The number of rotatable bonds is 4. The Morgan fingerprint density at radius 1 is 1.10 bits per heavy atom. The van der Waals surface area contributed by atoms with Gasteiger partial charge in [0.25, 0.3) is 5.91 Å². The van der Waals surface area contributed by atoms with Crippen LogP contribution in [0.3, 0.4) is 0 Å². The highest BCUT2D eigenvalue weighted by atomic mass is 35.5. The first-order valence-electron chi connectivity index (χ1n) is 9.96. The minimum atomic E-state index is 0. The first-order valence-corrected chi connectivity index (χ1v) is 9.96. The van der Waals surface area contributed by atoms with Crippen LogP contribution in [0.15, 0.2) is 42.6 Å². The van der Waals surface area contributed by atoms with Crippen molar-refractivity contribution in [1.29, 1.82) is 0 Å². The monoisotopic (exact) mass is 410 g/mol. The van der Waals surface area contributed by atoms with Gasteiger partial charge in [0, 0.05) is 36.1 Å². The average Bonchev–Trinajstić information content (AvgIpc) is 3.22. The number of fused-ring (bicyclic) bond motifs is 1. The van der Waals surface area contributed by atoms with Crippen LogP contribution in [-0.2, 0) is 0 Å². The van der Waals surface area contributed by atoms with Crippen molar-refractivity contribution in [2.45, 2.75) is 39.5 Å². The minimum absolute atomic E-state index is 0. The molecule has 0 unspecified atom stereocenters. The number of anilines is 2. The SMILES string of the molecule is Cc1ccc2c(Nc3ccccc3C(C)C)c(C(=O)N3CCCC3)cnc2n1.Cl. The molecular weight excluding hydrogens is 384 g/mol. The fraction of sp³-hybridized carbons (Fsp3) is 0.348. The lowest BCUT2D eigenvalue weighted by Gasteiger charge is -2.21. The lowest BCUT2D eigenvalue weighted by atomic mass is 10.0. The maximum Gasteiger partial charge on any atom is 0.257 e. The van der Waals surface area contributed by atoms with E-state index in [1.807, 2.05) is 36.1 Å². The third kappa shape index (κ3) is 4.20. The van der Waals surface area contributed by atoms with E-state index < -0.39 is 0 Å². The van der Waals surface area contributed by atoms with Gasteiger partial charge in [0.15, 0.2) is 5.65 Å². The Bertz CT molecular complexity index is 1030. The molecule has 4 rings (SSSR count). The number of hydrogen-bond acceptors (Lipinski definition) is 4. The van der Waals surface area contributed by atoms with E-state index in [4.69, 9.17) is 0 Å². The summed E-state index contributed by atoms with van der Waals surface area (Å²) in [6.07, 6.45) is 3.80. The van der Waals surface area contributed by atoms with E-state index in [0.717, 1.165) is 48.4 Å². The molecule has 0 aliphatic carbocycles. The summed E-state index contributed by atoms with van der Waals surface area (Å²) >= 11 is 0. The number of likely N-dealkylation sites (tertiary alicyclic amines) is 1. The number of nitrogens with zero attached hydrogens (tertiary/aromatic N) is 3. The molecule has 1 aliphatic heterocycles. The molecule has 5 nitrogen and oxygen atoms in total. The number of para-hydroxylation sites is 1. The molecule has 6 heteroatoms. The Morgan fingerprint density at radius 3 is 2.55 bits per heavy atom. The molecule has 29 heavy (non-hydrogen) atoms. The van der Waals surface area contributed by atoms with Gasteiger partial charge in [-0.15, -0.1) is 12.4 Å². The lowest BCUT2D eigenvalue weighted by molar-refractivity contribution is 0.0793. The van der Waals surface area contributed by atoms with Gasteiger partial charge in [0.1, 0.15) is 0 Å². The maximum atomic E-state index is 13.2. The van der Waals surface area contributed by atoms with Gasteiger partial charge in [-0.2, -0.15) is 0 Å². The van der Waals surface area contributed by atoms with Gasteiger partial charge in [0.05, 0.1) is 11.3 Å². The van der Waals surface area contributed by atoms with Crippen LogP contribution in [0.2, 0.25) is 0 Å². The molecule has 0 bridgehead atoms. The number of halogens is 1. The van der Waals surface area contributed by atoms with Crippen LogP contribution in [0.5, 0.6) is 0 Å². The average molecular weight is 411 g/mol. The van der Waals surface area contributed by atoms with Crippen LogP contribution < -0.4 is 5.32 Å². The second kappa shape index (κ2) is 8.78. The van der Waals surface area contributed by atoms with Crippen LogP contribution >= 0.6 is 12.4 Å². The fourth-order valence-corrected chi connectivity index (χ4v) is 3.81. The third-order valence-electron chi connectivity index (χ3n) is 5.34. The highest BCUT2D eigenvalue weighted by molar-refractivity contribution is 6.07. The minimum Gasteiger partial charge on any atom is -0.354 e. The Morgan fingerprint density at radius 2 is 1.83 bits per heavy atom. The van der Waals surface area contributed by atoms with Crippen molar-refractivity contribution in [3.63, 3.8) is 0 Å². The molecule has 1 saturated heterocycles. The number of nitrogens with one attached hydrogen (secondary N) is 1. The molecule has 0 atom stereocenters. The van der Waals surface area contributed by atoms with Gasteiger partial charge in [-0.3, -0.25) is 4.79 Å². The third-order valence-corrected chi connectivity index (χ3v) is 5.34. The number of hydrogen-bond donors (Lipinski definition) is 1. The molecule has 1 aliphatic rings. The summed E-state index contributed by atoms with van der Waals surface area (Å²) in [5.74, 6) is 0.409. The fourth-order valence-electron chi connectivity index (χ4n) is 3.81. The summed E-state index contributed by atoms with van der Waals surface area (Å²) in [6, 6.07) is 12.2. The topological polar surface area (TPSA) is 58.1 Å². The molecule has 3 heterocycles. The zero-order chi connectivity index (χ0) is 19.7. The number of benzene rings is 1. The molecule has 1 fully saturated rings. The van der Waals surface area contributed by atoms with Gasteiger partial charge < -0.3 is 10.2 Å². The van der Waals surface area contributed by atoms with Crippen molar-refractivity contribution in [2.24, 2.45) is 0 Å². The Balaban J connectivity index is 0.00000240. The van der Waals surface area contributed by atoms with Crippen molar-refractivity contribution in [2.75, 3.05) is 18.4 Å². The first-order chi connectivity index (χ1) is 13.5. The second-order valence-corrected chi connectivity index (χ2v) is 7.74. The Labute approximate surface area is 178 Å². The molecule has 0 saturated carbocycles. The number of amides is 1. The summed E-state index contributed by atoms with van der Waals surface area (Å²) in [5, 5.41) is 4.43. The smallest absolute Gasteiger partial charge is 0.257 e. The van der Waals surface area contributed by atoms with Crippen LogP contribution in [0, 0.1) is 6.92 Å². The lowest BCUT2D eigenvalue weighted by Crippen LogP contribution is -2.28. The van der Waals surface area contributed by atoms with Crippen molar-refractivity contribution < 1.29 is 4.79 Å². The quantitative estimate of drug-likeness (QED) is 0.620. The number of pyridine rings is 2. The van der Waals surface area contributed by atoms with E-state index >= 15 is 0 Å². The molecule has 1 amide bonds. The number of aryl methyl sites for hydroxylation is 1. The molecular formula is C23H27ClN4O. The van der Waals surface area contributed by atoms with E-state index in [2.05, 4.69) is 41.3 Å². The summed E-state index contributed by atoms with van der Waals surface area (Å²) in [5.41, 5.74) is 5.20. The highest BCUT2D eigenvalue weighted by Crippen LogP contribution is 2.33. The molecule has 0 radical (unpaired) electrons. The van der Waals surface area contributed by atoms with Crippen molar-refractivity contribution in [1.82, 2.24) is 14.9 Å². The second-order valence-electron chi connectivity index (χ2n) is 7.74. The zero-order valence-corrected chi connectivity index (χ0v) is 17.9.